The zero-order valence-corrected chi connectivity index (χ0v) is 21.1. The largest absolute Gasteiger partial charge is 0.378 e. The quantitative estimate of drug-likeness (QED) is 0.488. The number of nitrogens with zero attached hydrogens (tertiary/aromatic N) is 2. The molecule has 0 aliphatic carbocycles. The van der Waals surface area contributed by atoms with Crippen molar-refractivity contribution in [1.29, 1.82) is 0 Å². The van der Waals surface area contributed by atoms with Crippen LogP contribution in [0.15, 0.2) is 72.8 Å². The van der Waals surface area contributed by atoms with E-state index in [1.807, 2.05) is 96.7 Å². The lowest BCUT2D eigenvalue weighted by molar-refractivity contribution is -0.115. The Kier molecular flexibility index (Phi) is 6.71. The minimum absolute atomic E-state index is 0.0401. The molecule has 34 heavy (non-hydrogen) atoms. The Labute approximate surface area is 206 Å². The lowest BCUT2D eigenvalue weighted by atomic mass is 9.87. The highest BCUT2D eigenvalue weighted by atomic mass is 32.2. The van der Waals surface area contributed by atoms with E-state index in [0.717, 1.165) is 16.9 Å². The van der Waals surface area contributed by atoms with Crippen LogP contribution in [-0.4, -0.2) is 31.7 Å². The van der Waals surface area contributed by atoms with Crippen molar-refractivity contribution in [1.82, 2.24) is 0 Å². The first-order valence-electron chi connectivity index (χ1n) is 11.4. The number of benzene rings is 3. The second kappa shape index (κ2) is 9.55. The van der Waals surface area contributed by atoms with Crippen LogP contribution in [0.25, 0.3) is 0 Å². The minimum Gasteiger partial charge on any atom is -0.378 e. The van der Waals surface area contributed by atoms with E-state index >= 15 is 0 Å². The molecule has 1 heterocycles. The Morgan fingerprint density at radius 3 is 2.29 bits per heavy atom. The molecule has 5 nitrogen and oxygen atoms in total. The maximum atomic E-state index is 12.8. The fraction of sp³-hybridized carbons (Fsp3) is 0.286. The molecule has 0 aromatic heterocycles. The Morgan fingerprint density at radius 1 is 1.00 bits per heavy atom. The van der Waals surface area contributed by atoms with Gasteiger partial charge in [0.25, 0.3) is 5.91 Å². The van der Waals surface area contributed by atoms with E-state index in [9.17, 15) is 9.59 Å². The molecular formula is C28H31N3O2S. The predicted molar refractivity (Wildman–Crippen MR) is 143 cm³/mol. The number of rotatable bonds is 5. The molecule has 176 valence electrons. The average molecular weight is 474 g/mol. The molecule has 1 saturated heterocycles. The number of thioether (sulfide) groups is 1. The van der Waals surface area contributed by atoms with Gasteiger partial charge >= 0.3 is 0 Å². The maximum absolute atomic E-state index is 12.8. The Hall–Kier alpha value is -3.25. The summed E-state index contributed by atoms with van der Waals surface area (Å²) in [6, 6.07) is 23.5. The van der Waals surface area contributed by atoms with Gasteiger partial charge in [0, 0.05) is 36.7 Å². The fourth-order valence-electron chi connectivity index (χ4n) is 3.96. The molecule has 4 rings (SSSR count). The summed E-state index contributed by atoms with van der Waals surface area (Å²) in [5, 5.41) is 2.87. The summed E-state index contributed by atoms with van der Waals surface area (Å²) in [6.07, 6.45) is 0. The van der Waals surface area contributed by atoms with Crippen molar-refractivity contribution in [3.63, 3.8) is 0 Å². The van der Waals surface area contributed by atoms with E-state index in [4.69, 9.17) is 0 Å². The van der Waals surface area contributed by atoms with Gasteiger partial charge < -0.3 is 10.2 Å². The van der Waals surface area contributed by atoms with Crippen LogP contribution in [0.5, 0.6) is 0 Å². The van der Waals surface area contributed by atoms with E-state index in [2.05, 4.69) is 26.1 Å². The molecule has 0 spiro atoms. The lowest BCUT2D eigenvalue weighted by Crippen LogP contribution is -2.27. The van der Waals surface area contributed by atoms with Crippen molar-refractivity contribution < 1.29 is 9.59 Å². The van der Waals surface area contributed by atoms with Crippen LogP contribution in [0.3, 0.4) is 0 Å². The normalized spacial score (nSPS) is 16.0. The SMILES string of the molecule is CN(C)c1ccc(N2C(=O)CS[C@H]2c2cccc(NC(=O)c3ccc(C(C)(C)C)cc3)c2)cc1. The molecule has 3 aromatic rings. The molecule has 1 atom stereocenters. The van der Waals surface area contributed by atoms with Crippen molar-refractivity contribution >= 4 is 40.6 Å². The fourth-order valence-corrected chi connectivity index (χ4v) is 5.12. The van der Waals surface area contributed by atoms with Gasteiger partial charge in [-0.15, -0.1) is 11.8 Å². The first kappa shape index (κ1) is 23.9. The predicted octanol–water partition coefficient (Wildman–Crippen LogP) is 6.08. The van der Waals surface area contributed by atoms with E-state index < -0.39 is 0 Å². The molecule has 0 bridgehead atoms. The summed E-state index contributed by atoms with van der Waals surface area (Å²) in [5.74, 6) is 0.362. The van der Waals surface area contributed by atoms with Crippen LogP contribution in [0.1, 0.15) is 47.6 Å². The number of anilines is 3. The van der Waals surface area contributed by atoms with Gasteiger partial charge in [0.1, 0.15) is 5.37 Å². The van der Waals surface area contributed by atoms with Crippen LogP contribution in [-0.2, 0) is 10.2 Å². The van der Waals surface area contributed by atoms with E-state index in [-0.39, 0.29) is 22.6 Å². The topological polar surface area (TPSA) is 52.6 Å². The standard InChI is InChI=1S/C28H31N3O2S/c1-28(2,3)21-11-9-19(10-12-21)26(33)29-22-8-6-7-20(17-22)27-31(25(32)18-34-27)24-15-13-23(14-16-24)30(4)5/h6-17,27H,18H2,1-5H3,(H,29,33)/t27-/m0/s1. The van der Waals surface area contributed by atoms with Gasteiger partial charge in [-0.2, -0.15) is 0 Å². The summed E-state index contributed by atoms with van der Waals surface area (Å²) in [4.78, 5) is 29.5. The number of carbonyl (C=O) groups is 2. The van der Waals surface area contributed by atoms with Crippen molar-refractivity contribution in [2.45, 2.75) is 31.6 Å². The zero-order chi connectivity index (χ0) is 24.5. The van der Waals surface area contributed by atoms with Crippen LogP contribution < -0.4 is 15.1 Å². The van der Waals surface area contributed by atoms with Gasteiger partial charge in [-0.25, -0.2) is 0 Å². The Morgan fingerprint density at radius 2 is 1.68 bits per heavy atom. The first-order chi connectivity index (χ1) is 16.1. The molecule has 6 heteroatoms. The van der Waals surface area contributed by atoms with Crippen LogP contribution in [0, 0.1) is 0 Å². The molecule has 0 saturated carbocycles. The molecule has 1 aliphatic rings. The number of amides is 2. The van der Waals surface area contributed by atoms with Crippen LogP contribution in [0.2, 0.25) is 0 Å². The van der Waals surface area contributed by atoms with Crippen LogP contribution in [0.4, 0.5) is 17.1 Å². The molecule has 1 aliphatic heterocycles. The first-order valence-corrected chi connectivity index (χ1v) is 12.4. The summed E-state index contributed by atoms with van der Waals surface area (Å²) in [5.41, 5.74) is 5.50. The van der Waals surface area contributed by atoms with E-state index in [1.54, 1.807) is 11.8 Å². The highest BCUT2D eigenvalue weighted by Gasteiger charge is 2.34. The third-order valence-electron chi connectivity index (χ3n) is 5.95. The number of carbonyl (C=O) groups excluding carboxylic acids is 2. The molecule has 3 aromatic carbocycles. The highest BCUT2D eigenvalue weighted by molar-refractivity contribution is 8.00. The second-order valence-corrected chi connectivity index (χ2v) is 10.8. The van der Waals surface area contributed by atoms with Crippen molar-refractivity contribution in [3.8, 4) is 0 Å². The van der Waals surface area contributed by atoms with Crippen molar-refractivity contribution in [3.05, 3.63) is 89.5 Å². The van der Waals surface area contributed by atoms with Gasteiger partial charge in [0.2, 0.25) is 5.91 Å². The van der Waals surface area contributed by atoms with Gasteiger partial charge in [0.05, 0.1) is 5.75 Å². The maximum Gasteiger partial charge on any atom is 0.255 e. The number of nitrogens with one attached hydrogen (secondary N) is 1. The molecular weight excluding hydrogens is 442 g/mol. The van der Waals surface area contributed by atoms with Gasteiger partial charge in [-0.3, -0.25) is 14.5 Å². The van der Waals surface area contributed by atoms with E-state index in [0.29, 0.717) is 17.0 Å². The number of hydrogen-bond acceptors (Lipinski definition) is 4. The highest BCUT2D eigenvalue weighted by Crippen LogP contribution is 2.42. The monoisotopic (exact) mass is 473 g/mol. The molecule has 0 unspecified atom stereocenters. The number of hydrogen-bond donors (Lipinski definition) is 1. The summed E-state index contributed by atoms with van der Waals surface area (Å²) < 4.78 is 0. The van der Waals surface area contributed by atoms with Crippen molar-refractivity contribution in [2.24, 2.45) is 0 Å². The molecule has 0 radical (unpaired) electrons. The average Bonchev–Trinajstić information content (AvgIpc) is 3.20. The minimum atomic E-state index is -0.149. The molecule has 1 fully saturated rings. The summed E-state index contributed by atoms with van der Waals surface area (Å²) >= 11 is 1.60. The van der Waals surface area contributed by atoms with Gasteiger partial charge in [0.15, 0.2) is 0 Å². The summed E-state index contributed by atoms with van der Waals surface area (Å²) in [6.45, 7) is 6.46. The lowest BCUT2D eigenvalue weighted by Gasteiger charge is -2.25. The smallest absolute Gasteiger partial charge is 0.255 e. The molecule has 2 amide bonds. The van der Waals surface area contributed by atoms with Crippen LogP contribution >= 0.6 is 11.8 Å². The van der Waals surface area contributed by atoms with E-state index in [1.165, 1.54) is 5.56 Å². The summed E-state index contributed by atoms with van der Waals surface area (Å²) in [7, 11) is 3.99. The van der Waals surface area contributed by atoms with Gasteiger partial charge in [-0.05, 0) is 65.1 Å². The van der Waals surface area contributed by atoms with Gasteiger partial charge in [-0.1, -0.05) is 45.0 Å². The third kappa shape index (κ3) is 5.12. The zero-order valence-electron chi connectivity index (χ0n) is 20.3. The Bertz CT molecular complexity index is 1180. The third-order valence-corrected chi connectivity index (χ3v) is 7.17. The van der Waals surface area contributed by atoms with Crippen molar-refractivity contribution in [2.75, 3.05) is 35.0 Å². The second-order valence-electron chi connectivity index (χ2n) is 9.74. The Balaban J connectivity index is 1.53. The molecule has 1 N–H and O–H groups in total.